The number of rotatable bonds is 15. The van der Waals surface area contributed by atoms with Crippen molar-refractivity contribution in [1.29, 1.82) is 0 Å². The van der Waals surface area contributed by atoms with Crippen LogP contribution in [0.4, 0.5) is 0 Å². The molecule has 0 rings (SSSR count). The van der Waals surface area contributed by atoms with Gasteiger partial charge in [0.15, 0.2) is 0 Å². The first kappa shape index (κ1) is 23.3. The van der Waals surface area contributed by atoms with E-state index in [1.165, 1.54) is 70.6 Å². The molecule has 0 fully saturated rings. The van der Waals surface area contributed by atoms with Crippen LogP contribution in [0.5, 0.6) is 0 Å². The van der Waals surface area contributed by atoms with E-state index in [9.17, 15) is 4.79 Å². The molecule has 1 N–H and O–H groups in total. The molecule has 0 aromatic carbocycles. The molecule has 0 aromatic heterocycles. The van der Waals surface area contributed by atoms with Gasteiger partial charge >= 0.3 is 5.97 Å². The molecule has 0 aliphatic rings. The quantitative estimate of drug-likeness (QED) is 0.216. The van der Waals surface area contributed by atoms with E-state index in [0.717, 1.165) is 12.8 Å². The molecule has 0 unspecified atom stereocenters. The van der Waals surface area contributed by atoms with E-state index in [0.29, 0.717) is 6.42 Å². The number of allylic oxidation sites excluding steroid dienone is 2. The summed E-state index contributed by atoms with van der Waals surface area (Å²) in [5.74, 6) is -0.664. The van der Waals surface area contributed by atoms with E-state index in [1.807, 2.05) is 0 Å². The zero-order valence-corrected chi connectivity index (χ0v) is 16.8. The van der Waals surface area contributed by atoms with Gasteiger partial charge in [0.25, 0.3) is 0 Å². The maximum atomic E-state index is 10.3. The fourth-order valence-electron chi connectivity index (χ4n) is 2.35. The van der Waals surface area contributed by atoms with Gasteiger partial charge in [-0.3, -0.25) is 4.79 Å². The van der Waals surface area contributed by atoms with Crippen LogP contribution in [0.15, 0.2) is 12.2 Å². The Morgan fingerprint density at radius 1 is 0.762 bits per heavy atom. The predicted octanol–water partition coefficient (Wildman–Crippen LogP) is 5.73. The van der Waals surface area contributed by atoms with Crippen LogP contribution in [0.3, 0.4) is 0 Å². The van der Waals surface area contributed by atoms with Gasteiger partial charge in [-0.25, -0.2) is 0 Å². The zero-order valence-electron chi connectivity index (χ0n) is 13.9. The van der Waals surface area contributed by atoms with Crippen molar-refractivity contribution in [3.8, 4) is 0 Å². The molecular formula is C18H34O2Sn. The summed E-state index contributed by atoms with van der Waals surface area (Å²) in [6, 6.07) is 0. The number of carbonyl (C=O) groups is 1. The Bertz CT molecular complexity index is 239. The van der Waals surface area contributed by atoms with Crippen LogP contribution in [-0.2, 0) is 4.79 Å². The van der Waals surface area contributed by atoms with Gasteiger partial charge in [-0.2, -0.15) is 0 Å². The van der Waals surface area contributed by atoms with Crippen LogP contribution >= 0.6 is 0 Å². The van der Waals surface area contributed by atoms with Crippen molar-refractivity contribution in [3.63, 3.8) is 0 Å². The third kappa shape index (κ3) is 22.4. The van der Waals surface area contributed by atoms with E-state index >= 15 is 0 Å². The van der Waals surface area contributed by atoms with Crippen molar-refractivity contribution in [2.24, 2.45) is 0 Å². The number of carboxylic acid groups (broad SMARTS) is 1. The van der Waals surface area contributed by atoms with Crippen molar-refractivity contribution in [2.75, 3.05) is 0 Å². The van der Waals surface area contributed by atoms with Crippen LogP contribution in [-0.4, -0.2) is 35.0 Å². The van der Waals surface area contributed by atoms with Gasteiger partial charge in [0.05, 0.1) is 0 Å². The predicted molar refractivity (Wildman–Crippen MR) is 92.8 cm³/mol. The number of aliphatic carboxylic acids is 1. The van der Waals surface area contributed by atoms with Gasteiger partial charge in [-0.1, -0.05) is 70.4 Å². The van der Waals surface area contributed by atoms with Crippen molar-refractivity contribution >= 4 is 29.9 Å². The molecule has 0 amide bonds. The van der Waals surface area contributed by atoms with Crippen molar-refractivity contribution in [2.45, 2.75) is 96.8 Å². The maximum Gasteiger partial charge on any atom is 0.303 e. The summed E-state index contributed by atoms with van der Waals surface area (Å²) < 4.78 is 0. The smallest absolute Gasteiger partial charge is 0.303 e. The minimum atomic E-state index is -0.664. The molecule has 0 atom stereocenters. The minimum Gasteiger partial charge on any atom is -0.481 e. The monoisotopic (exact) mass is 402 g/mol. The van der Waals surface area contributed by atoms with Gasteiger partial charge in [0.2, 0.25) is 0 Å². The Kier molecular flexibility index (Phi) is 22.2. The molecule has 0 aliphatic carbocycles. The van der Waals surface area contributed by atoms with Crippen LogP contribution < -0.4 is 0 Å². The Labute approximate surface area is 148 Å². The summed E-state index contributed by atoms with van der Waals surface area (Å²) in [4.78, 5) is 10.3. The van der Waals surface area contributed by atoms with Crippen LogP contribution in [0.2, 0.25) is 0 Å². The molecule has 2 nitrogen and oxygen atoms in total. The molecule has 3 heteroatoms. The van der Waals surface area contributed by atoms with E-state index in [2.05, 4.69) is 19.1 Å². The fourth-order valence-corrected chi connectivity index (χ4v) is 2.35. The molecule has 0 spiro atoms. The topological polar surface area (TPSA) is 37.3 Å². The summed E-state index contributed by atoms with van der Waals surface area (Å²) >= 11 is 0. The summed E-state index contributed by atoms with van der Waals surface area (Å²) in [7, 11) is 0. The second-order valence-corrected chi connectivity index (χ2v) is 5.73. The Balaban J connectivity index is 0. The second kappa shape index (κ2) is 20.0. The number of unbranched alkanes of at least 4 members (excludes halogenated alkanes) is 11. The van der Waals surface area contributed by atoms with Gasteiger partial charge in [0, 0.05) is 30.3 Å². The van der Waals surface area contributed by atoms with Gasteiger partial charge in [0.1, 0.15) is 0 Å². The van der Waals surface area contributed by atoms with Gasteiger partial charge in [-0.05, 0) is 32.1 Å². The molecule has 0 aromatic rings. The summed E-state index contributed by atoms with van der Waals surface area (Å²) in [6.45, 7) is 2.26. The van der Waals surface area contributed by atoms with E-state index in [-0.39, 0.29) is 23.9 Å². The fraction of sp³-hybridized carbons (Fsp3) is 0.833. The summed E-state index contributed by atoms with van der Waals surface area (Å²) in [6.07, 6.45) is 21.2. The first-order valence-corrected chi connectivity index (χ1v) is 8.64. The third-order valence-electron chi connectivity index (χ3n) is 3.65. The van der Waals surface area contributed by atoms with Crippen LogP contribution in [0.1, 0.15) is 96.8 Å². The molecular weight excluding hydrogens is 367 g/mol. The molecule has 0 aliphatic heterocycles. The molecule has 0 saturated heterocycles. The molecule has 4 radical (unpaired) electrons. The van der Waals surface area contributed by atoms with Gasteiger partial charge in [-0.15, -0.1) is 0 Å². The van der Waals surface area contributed by atoms with Crippen LogP contribution in [0.25, 0.3) is 0 Å². The zero-order chi connectivity index (χ0) is 14.9. The average molecular weight is 401 g/mol. The van der Waals surface area contributed by atoms with Crippen molar-refractivity contribution in [1.82, 2.24) is 0 Å². The molecule has 0 saturated carbocycles. The third-order valence-corrected chi connectivity index (χ3v) is 3.65. The first-order valence-electron chi connectivity index (χ1n) is 8.64. The molecule has 21 heavy (non-hydrogen) atoms. The van der Waals surface area contributed by atoms with Crippen LogP contribution in [0, 0.1) is 0 Å². The maximum absolute atomic E-state index is 10.3. The molecule has 0 heterocycles. The molecule has 122 valence electrons. The standard InChI is InChI=1S/C18H34O2.Sn/c1-2-3-4-5-6-7-8-9-10-11-12-13-14-15-16-17-18(19)20;/h9-10H,2-8,11-17H2,1H3,(H,19,20);/b10-9+;. The van der Waals surface area contributed by atoms with E-state index < -0.39 is 5.97 Å². The number of carboxylic acids is 1. The van der Waals surface area contributed by atoms with Gasteiger partial charge < -0.3 is 5.11 Å². The Morgan fingerprint density at radius 2 is 1.19 bits per heavy atom. The first-order chi connectivity index (χ1) is 9.77. The normalized spacial score (nSPS) is 10.7. The summed E-state index contributed by atoms with van der Waals surface area (Å²) in [5.41, 5.74) is 0. The summed E-state index contributed by atoms with van der Waals surface area (Å²) in [5, 5.41) is 8.51. The van der Waals surface area contributed by atoms with E-state index in [1.54, 1.807) is 0 Å². The Morgan fingerprint density at radius 3 is 1.67 bits per heavy atom. The Hall–Kier alpha value is 0.00870. The second-order valence-electron chi connectivity index (χ2n) is 5.73. The average Bonchev–Trinajstić information content (AvgIpc) is 2.43. The molecule has 0 bridgehead atoms. The number of hydrogen-bond donors (Lipinski definition) is 1. The van der Waals surface area contributed by atoms with E-state index in [4.69, 9.17) is 5.11 Å². The minimum absolute atomic E-state index is 0. The van der Waals surface area contributed by atoms with Crippen molar-refractivity contribution in [3.05, 3.63) is 12.2 Å². The number of hydrogen-bond acceptors (Lipinski definition) is 1. The van der Waals surface area contributed by atoms with Crippen molar-refractivity contribution < 1.29 is 9.90 Å². The SMILES string of the molecule is CCCCCCCC/C=C/CCCCCCCC(=O)O.[Sn]. The largest absolute Gasteiger partial charge is 0.481 e.